The molecule has 1 aromatic heterocycles. The number of pyridine rings is 1. The first-order valence-corrected chi connectivity index (χ1v) is 8.27. The molecule has 2 rings (SSSR count). The van der Waals surface area contributed by atoms with Crippen LogP contribution in [0.3, 0.4) is 0 Å². The molecule has 1 aliphatic heterocycles. The number of ether oxygens (including phenoxy) is 2. The average molecular weight is 320 g/mol. The first kappa shape index (κ1) is 17.6. The van der Waals surface area contributed by atoms with Crippen molar-refractivity contribution in [3.8, 4) is 5.88 Å². The summed E-state index contributed by atoms with van der Waals surface area (Å²) in [4.78, 5) is 18.5. The van der Waals surface area contributed by atoms with E-state index in [0.29, 0.717) is 11.8 Å². The second kappa shape index (κ2) is 7.20. The van der Waals surface area contributed by atoms with E-state index in [1.54, 1.807) is 7.11 Å². The number of carbonyl (C=O) groups is 1. The molecule has 1 atom stereocenters. The number of aryl methyl sites for hydroxylation is 1. The first-order valence-electron chi connectivity index (χ1n) is 8.27. The highest BCUT2D eigenvalue weighted by Gasteiger charge is 2.28. The molecule has 1 aromatic rings. The Morgan fingerprint density at radius 3 is 2.78 bits per heavy atom. The van der Waals surface area contributed by atoms with Crippen molar-refractivity contribution in [1.82, 2.24) is 9.88 Å². The van der Waals surface area contributed by atoms with E-state index in [4.69, 9.17) is 9.47 Å². The van der Waals surface area contributed by atoms with Gasteiger partial charge in [-0.3, -0.25) is 0 Å². The van der Waals surface area contributed by atoms with Crippen LogP contribution in [-0.4, -0.2) is 41.8 Å². The molecule has 1 fully saturated rings. The van der Waals surface area contributed by atoms with Gasteiger partial charge in [-0.1, -0.05) is 6.07 Å². The van der Waals surface area contributed by atoms with Crippen molar-refractivity contribution in [1.29, 1.82) is 0 Å². The minimum absolute atomic E-state index is 0.212. The van der Waals surface area contributed by atoms with Gasteiger partial charge >= 0.3 is 6.09 Å². The standard InChI is InChI=1S/C18H28N2O3/c1-13-8-9-15(16(19-13)22-5)11-14-7-6-10-20(12-14)17(21)23-18(2,3)4/h8-9,14H,6-7,10-12H2,1-5H3. The topological polar surface area (TPSA) is 51.7 Å². The van der Waals surface area contributed by atoms with Crippen molar-refractivity contribution >= 4 is 6.09 Å². The summed E-state index contributed by atoms with van der Waals surface area (Å²) in [6, 6.07) is 4.08. The fraction of sp³-hybridized carbons (Fsp3) is 0.667. The number of methoxy groups -OCH3 is 1. The van der Waals surface area contributed by atoms with Crippen LogP contribution in [-0.2, 0) is 11.2 Å². The van der Waals surface area contributed by atoms with E-state index in [1.165, 1.54) is 0 Å². The summed E-state index contributed by atoms with van der Waals surface area (Å²) in [5, 5.41) is 0. The summed E-state index contributed by atoms with van der Waals surface area (Å²) in [5.41, 5.74) is 1.60. The van der Waals surface area contributed by atoms with Gasteiger partial charge in [-0.15, -0.1) is 0 Å². The van der Waals surface area contributed by atoms with Gasteiger partial charge in [-0.05, 0) is 58.9 Å². The Hall–Kier alpha value is -1.78. The van der Waals surface area contributed by atoms with Crippen molar-refractivity contribution < 1.29 is 14.3 Å². The summed E-state index contributed by atoms with van der Waals surface area (Å²) in [6.07, 6.45) is 2.77. The molecular weight excluding hydrogens is 292 g/mol. The lowest BCUT2D eigenvalue weighted by Crippen LogP contribution is -2.43. The summed E-state index contributed by atoms with van der Waals surface area (Å²) in [5.74, 6) is 1.11. The molecule has 1 unspecified atom stereocenters. The summed E-state index contributed by atoms with van der Waals surface area (Å²) in [7, 11) is 1.65. The zero-order chi connectivity index (χ0) is 17.0. The molecular formula is C18H28N2O3. The molecule has 23 heavy (non-hydrogen) atoms. The van der Waals surface area contributed by atoms with E-state index < -0.39 is 5.60 Å². The number of aromatic nitrogens is 1. The van der Waals surface area contributed by atoms with Gasteiger partial charge in [0.15, 0.2) is 0 Å². The van der Waals surface area contributed by atoms with E-state index in [-0.39, 0.29) is 6.09 Å². The number of likely N-dealkylation sites (tertiary alicyclic amines) is 1. The number of nitrogens with zero attached hydrogens (tertiary/aromatic N) is 2. The van der Waals surface area contributed by atoms with E-state index in [9.17, 15) is 4.79 Å². The molecule has 0 spiro atoms. The Kier molecular flexibility index (Phi) is 5.50. The fourth-order valence-electron chi connectivity index (χ4n) is 2.93. The van der Waals surface area contributed by atoms with E-state index in [1.807, 2.05) is 38.7 Å². The third-order valence-corrected chi connectivity index (χ3v) is 3.95. The number of carbonyl (C=O) groups excluding carboxylic acids is 1. The minimum Gasteiger partial charge on any atom is -0.481 e. The molecule has 5 heteroatoms. The van der Waals surface area contributed by atoms with Gasteiger partial charge in [-0.25, -0.2) is 9.78 Å². The van der Waals surface area contributed by atoms with Crippen molar-refractivity contribution in [3.05, 3.63) is 23.4 Å². The molecule has 0 saturated carbocycles. The molecule has 1 aliphatic rings. The fourth-order valence-corrected chi connectivity index (χ4v) is 2.93. The van der Waals surface area contributed by atoms with Crippen LogP contribution in [0, 0.1) is 12.8 Å². The lowest BCUT2D eigenvalue weighted by molar-refractivity contribution is 0.0166. The molecule has 1 saturated heterocycles. The van der Waals surface area contributed by atoms with Crippen LogP contribution in [0.4, 0.5) is 4.79 Å². The maximum absolute atomic E-state index is 12.2. The van der Waals surface area contributed by atoms with E-state index >= 15 is 0 Å². The predicted octanol–water partition coefficient (Wildman–Crippen LogP) is 3.59. The maximum Gasteiger partial charge on any atom is 0.410 e. The van der Waals surface area contributed by atoms with Crippen LogP contribution in [0.15, 0.2) is 12.1 Å². The molecule has 0 aromatic carbocycles. The molecule has 2 heterocycles. The summed E-state index contributed by atoms with van der Waals surface area (Å²) >= 11 is 0. The zero-order valence-electron chi connectivity index (χ0n) is 14.9. The van der Waals surface area contributed by atoms with E-state index in [2.05, 4.69) is 11.1 Å². The highest BCUT2D eigenvalue weighted by atomic mass is 16.6. The van der Waals surface area contributed by atoms with Crippen LogP contribution < -0.4 is 4.74 Å². The summed E-state index contributed by atoms with van der Waals surface area (Å²) < 4.78 is 10.9. The van der Waals surface area contributed by atoms with Crippen LogP contribution in [0.5, 0.6) is 5.88 Å². The largest absolute Gasteiger partial charge is 0.481 e. The van der Waals surface area contributed by atoms with Gasteiger partial charge in [0.25, 0.3) is 0 Å². The van der Waals surface area contributed by atoms with Crippen LogP contribution in [0.1, 0.15) is 44.9 Å². The Morgan fingerprint density at radius 2 is 2.13 bits per heavy atom. The molecule has 0 N–H and O–H groups in total. The Balaban J connectivity index is 2.00. The lowest BCUT2D eigenvalue weighted by Gasteiger charge is -2.34. The molecule has 0 aliphatic carbocycles. The molecule has 0 bridgehead atoms. The minimum atomic E-state index is -0.450. The average Bonchev–Trinajstić information content (AvgIpc) is 2.47. The molecule has 128 valence electrons. The highest BCUT2D eigenvalue weighted by Crippen LogP contribution is 2.26. The van der Waals surface area contributed by atoms with E-state index in [0.717, 1.165) is 43.6 Å². The number of piperidine rings is 1. The normalized spacial score (nSPS) is 18.7. The molecule has 0 radical (unpaired) electrons. The lowest BCUT2D eigenvalue weighted by atomic mass is 9.91. The predicted molar refractivity (Wildman–Crippen MR) is 89.8 cm³/mol. The second-order valence-electron chi connectivity index (χ2n) is 7.26. The second-order valence-corrected chi connectivity index (χ2v) is 7.26. The SMILES string of the molecule is COc1nc(C)ccc1CC1CCCN(C(=O)OC(C)(C)C)C1. The maximum atomic E-state index is 12.2. The molecule has 1 amide bonds. The van der Waals surface area contributed by atoms with Crippen LogP contribution in [0.2, 0.25) is 0 Å². The van der Waals surface area contributed by atoms with Gasteiger partial charge in [0.2, 0.25) is 5.88 Å². The Labute approximate surface area is 139 Å². The number of hydrogen-bond acceptors (Lipinski definition) is 4. The quantitative estimate of drug-likeness (QED) is 0.854. The highest BCUT2D eigenvalue weighted by molar-refractivity contribution is 5.68. The van der Waals surface area contributed by atoms with Crippen LogP contribution in [0.25, 0.3) is 0 Å². The monoisotopic (exact) mass is 320 g/mol. The third-order valence-electron chi connectivity index (χ3n) is 3.95. The van der Waals surface area contributed by atoms with Crippen molar-refractivity contribution in [2.75, 3.05) is 20.2 Å². The van der Waals surface area contributed by atoms with Crippen molar-refractivity contribution in [2.45, 2.75) is 52.6 Å². The van der Waals surface area contributed by atoms with Gasteiger partial charge in [0, 0.05) is 24.3 Å². The van der Waals surface area contributed by atoms with Gasteiger partial charge in [-0.2, -0.15) is 0 Å². The number of rotatable bonds is 3. The van der Waals surface area contributed by atoms with Crippen molar-refractivity contribution in [2.24, 2.45) is 5.92 Å². The molecule has 5 nitrogen and oxygen atoms in total. The Bertz CT molecular complexity index is 552. The smallest absolute Gasteiger partial charge is 0.410 e. The summed E-state index contributed by atoms with van der Waals surface area (Å²) in [6.45, 7) is 9.15. The van der Waals surface area contributed by atoms with Crippen LogP contribution >= 0.6 is 0 Å². The number of amides is 1. The Morgan fingerprint density at radius 1 is 1.39 bits per heavy atom. The van der Waals surface area contributed by atoms with Gasteiger partial charge < -0.3 is 14.4 Å². The van der Waals surface area contributed by atoms with Crippen molar-refractivity contribution in [3.63, 3.8) is 0 Å². The number of hydrogen-bond donors (Lipinski definition) is 0. The van der Waals surface area contributed by atoms with Gasteiger partial charge in [0.1, 0.15) is 5.60 Å². The van der Waals surface area contributed by atoms with Gasteiger partial charge in [0.05, 0.1) is 7.11 Å². The third kappa shape index (κ3) is 5.12. The first-order chi connectivity index (χ1) is 10.8. The zero-order valence-corrected chi connectivity index (χ0v) is 14.9.